The van der Waals surface area contributed by atoms with Gasteiger partial charge in [0.25, 0.3) is 0 Å². The van der Waals surface area contributed by atoms with Crippen molar-refractivity contribution < 1.29 is 34.1 Å². The fourth-order valence-corrected chi connectivity index (χ4v) is 6.01. The van der Waals surface area contributed by atoms with Gasteiger partial charge in [0.2, 0.25) is 11.8 Å². The van der Waals surface area contributed by atoms with Crippen LogP contribution in [0.2, 0.25) is 0 Å². The van der Waals surface area contributed by atoms with E-state index in [0.29, 0.717) is 12.8 Å². The van der Waals surface area contributed by atoms with E-state index in [4.69, 9.17) is 14.9 Å². The number of ether oxygens (including phenoxy) is 1. The second-order valence-corrected chi connectivity index (χ2v) is 14.4. The molecule has 2 amide bonds. The summed E-state index contributed by atoms with van der Waals surface area (Å²) in [6.45, 7) is 3.42. The molecule has 0 aliphatic carbocycles. The summed E-state index contributed by atoms with van der Waals surface area (Å²) in [4.78, 5) is 47.5. The van der Waals surface area contributed by atoms with Crippen molar-refractivity contribution in [1.82, 2.24) is 10.6 Å². The van der Waals surface area contributed by atoms with E-state index < -0.39 is 24.5 Å². The number of carboxylic acids is 1. The molecule has 0 saturated heterocycles. The van der Waals surface area contributed by atoms with E-state index in [0.717, 1.165) is 70.6 Å². The van der Waals surface area contributed by atoms with Crippen molar-refractivity contribution >= 4 is 23.8 Å². The zero-order valence-corrected chi connectivity index (χ0v) is 33.8. The van der Waals surface area contributed by atoms with Crippen molar-refractivity contribution in [3.05, 3.63) is 36.5 Å². The van der Waals surface area contributed by atoms with Crippen molar-refractivity contribution in [2.24, 2.45) is 0 Å². The molecule has 0 heterocycles. The number of amides is 2. The summed E-state index contributed by atoms with van der Waals surface area (Å²) in [5.74, 6) is -2.40. The summed E-state index contributed by atoms with van der Waals surface area (Å²) >= 11 is 0. The Morgan fingerprint density at radius 3 is 1.66 bits per heavy atom. The number of aliphatic carboxylic acids is 1. The molecule has 0 aliphatic rings. The predicted molar refractivity (Wildman–Crippen MR) is 218 cm³/mol. The maximum atomic E-state index is 12.7. The van der Waals surface area contributed by atoms with Crippen molar-refractivity contribution in [3.8, 4) is 0 Å². The smallest absolute Gasteiger partial charge is 0.328 e. The molecule has 0 bridgehead atoms. The fourth-order valence-electron chi connectivity index (χ4n) is 6.01. The second kappa shape index (κ2) is 38.8. The highest BCUT2D eigenvalue weighted by Crippen LogP contribution is 2.15. The standard InChI is InChI=1S/C44H78N2O7/c1-3-5-7-9-11-13-14-15-16-17-18-19-20-22-24-26-32-36-43(50)53-39(33-29-25-23-21-12-10-8-6-4-2)34-30-27-28-31-35-41(48)45-37-42(49)46-40(38-47)44(51)52/h11,13,15-16,29,33,39-40,47H,3-10,12,14,17-28,30-32,34-38H2,1-2H3,(H,45,48)(H,46,49)(H,51,52)/b13-11-,16-15-,33-29-. The van der Waals surface area contributed by atoms with Crippen LogP contribution < -0.4 is 10.6 Å². The van der Waals surface area contributed by atoms with Crippen LogP contribution in [0.4, 0.5) is 0 Å². The first-order chi connectivity index (χ1) is 25.8. The Kier molecular flexibility index (Phi) is 36.6. The average molecular weight is 747 g/mol. The highest BCUT2D eigenvalue weighted by atomic mass is 16.5. The van der Waals surface area contributed by atoms with Gasteiger partial charge in [0.1, 0.15) is 12.1 Å². The summed E-state index contributed by atoms with van der Waals surface area (Å²) in [5.41, 5.74) is 0. The minimum Gasteiger partial charge on any atom is -0.480 e. The van der Waals surface area contributed by atoms with Crippen molar-refractivity contribution in [1.29, 1.82) is 0 Å². The molecular weight excluding hydrogens is 668 g/mol. The van der Waals surface area contributed by atoms with Gasteiger partial charge in [-0.2, -0.15) is 0 Å². The van der Waals surface area contributed by atoms with Crippen molar-refractivity contribution in [3.63, 3.8) is 0 Å². The van der Waals surface area contributed by atoms with Crippen LogP contribution in [-0.4, -0.2) is 59.3 Å². The van der Waals surface area contributed by atoms with E-state index in [2.05, 4.69) is 60.9 Å². The molecule has 0 fully saturated rings. The third-order valence-electron chi connectivity index (χ3n) is 9.34. The summed E-state index contributed by atoms with van der Waals surface area (Å²) in [6, 6.07) is -1.39. The number of hydrogen-bond acceptors (Lipinski definition) is 6. The van der Waals surface area contributed by atoms with Gasteiger partial charge in [-0.3, -0.25) is 14.4 Å². The number of aliphatic hydroxyl groups is 1. The zero-order chi connectivity index (χ0) is 39.0. The predicted octanol–water partition coefficient (Wildman–Crippen LogP) is 10.2. The van der Waals surface area contributed by atoms with Gasteiger partial charge in [0.15, 0.2) is 0 Å². The number of esters is 1. The Balaban J connectivity index is 4.30. The first kappa shape index (κ1) is 50.1. The Labute approximate surface area is 323 Å². The maximum absolute atomic E-state index is 12.7. The van der Waals surface area contributed by atoms with Gasteiger partial charge < -0.3 is 25.6 Å². The van der Waals surface area contributed by atoms with Gasteiger partial charge in [0.05, 0.1) is 13.2 Å². The second-order valence-electron chi connectivity index (χ2n) is 14.4. The fraction of sp³-hybridized carbons (Fsp3) is 0.773. The lowest BCUT2D eigenvalue weighted by Gasteiger charge is -2.15. The van der Waals surface area contributed by atoms with Gasteiger partial charge in [-0.1, -0.05) is 141 Å². The Morgan fingerprint density at radius 1 is 0.585 bits per heavy atom. The molecule has 0 rings (SSSR count). The van der Waals surface area contributed by atoms with Gasteiger partial charge in [-0.05, 0) is 76.7 Å². The van der Waals surface area contributed by atoms with Crippen LogP contribution in [0.25, 0.3) is 0 Å². The van der Waals surface area contributed by atoms with Crippen molar-refractivity contribution in [2.45, 2.75) is 206 Å². The van der Waals surface area contributed by atoms with Crippen LogP contribution in [0.1, 0.15) is 194 Å². The molecule has 0 spiro atoms. The molecule has 9 heteroatoms. The number of aliphatic hydroxyl groups excluding tert-OH is 1. The topological polar surface area (TPSA) is 142 Å². The first-order valence-electron chi connectivity index (χ1n) is 21.4. The molecular formula is C44H78N2O7. The number of carbonyl (C=O) groups is 4. The van der Waals surface area contributed by atoms with Crippen LogP contribution in [0.5, 0.6) is 0 Å². The lowest BCUT2D eigenvalue weighted by molar-refractivity contribution is -0.147. The maximum Gasteiger partial charge on any atom is 0.328 e. The van der Waals surface area contributed by atoms with Crippen LogP contribution in [0, 0.1) is 0 Å². The largest absolute Gasteiger partial charge is 0.480 e. The normalized spacial score (nSPS) is 12.8. The average Bonchev–Trinajstić information content (AvgIpc) is 3.14. The van der Waals surface area contributed by atoms with Gasteiger partial charge in [-0.15, -0.1) is 0 Å². The number of carbonyl (C=O) groups excluding carboxylic acids is 3. The van der Waals surface area contributed by atoms with Crippen LogP contribution in [0.3, 0.4) is 0 Å². The van der Waals surface area contributed by atoms with Crippen molar-refractivity contribution in [2.75, 3.05) is 13.2 Å². The van der Waals surface area contributed by atoms with E-state index >= 15 is 0 Å². The minimum atomic E-state index is -1.39. The number of unbranched alkanes of at least 4 members (excludes halogenated alkanes) is 20. The molecule has 0 aliphatic heterocycles. The molecule has 9 nitrogen and oxygen atoms in total. The molecule has 2 atom stereocenters. The summed E-state index contributed by atoms with van der Waals surface area (Å²) in [7, 11) is 0. The number of carboxylic acid groups (broad SMARTS) is 1. The molecule has 0 saturated carbocycles. The van der Waals surface area contributed by atoms with Crippen LogP contribution in [0.15, 0.2) is 36.5 Å². The molecule has 306 valence electrons. The third kappa shape index (κ3) is 35.8. The zero-order valence-electron chi connectivity index (χ0n) is 33.8. The Bertz CT molecular complexity index is 994. The number of allylic oxidation sites excluding steroid dienone is 5. The molecule has 53 heavy (non-hydrogen) atoms. The van der Waals surface area contributed by atoms with Crippen LogP contribution >= 0.6 is 0 Å². The van der Waals surface area contributed by atoms with E-state index in [-0.39, 0.29) is 30.9 Å². The van der Waals surface area contributed by atoms with Gasteiger partial charge in [0, 0.05) is 12.8 Å². The highest BCUT2D eigenvalue weighted by molar-refractivity contribution is 5.87. The van der Waals surface area contributed by atoms with E-state index in [9.17, 15) is 19.2 Å². The SMILES string of the molecule is CCCCC/C=C\C/C=C\CCCCCCCCCC(=O)OC(/C=C\CCCCCCCCC)CCCCCCC(=O)NCC(=O)NC(CO)C(=O)O. The lowest BCUT2D eigenvalue weighted by atomic mass is 10.1. The number of hydrogen-bond donors (Lipinski definition) is 4. The van der Waals surface area contributed by atoms with E-state index in [1.165, 1.54) is 89.9 Å². The van der Waals surface area contributed by atoms with Gasteiger partial charge >= 0.3 is 11.9 Å². The highest BCUT2D eigenvalue weighted by Gasteiger charge is 2.18. The third-order valence-corrected chi connectivity index (χ3v) is 9.34. The molecule has 4 N–H and O–H groups in total. The number of rotatable bonds is 38. The number of nitrogens with one attached hydrogen (secondary N) is 2. The van der Waals surface area contributed by atoms with E-state index in [1.807, 2.05) is 0 Å². The molecule has 0 aromatic heterocycles. The quantitative estimate of drug-likeness (QED) is 0.0280. The minimum absolute atomic E-state index is 0.118. The van der Waals surface area contributed by atoms with Gasteiger partial charge in [-0.25, -0.2) is 4.79 Å². The molecule has 0 aromatic carbocycles. The van der Waals surface area contributed by atoms with E-state index in [1.54, 1.807) is 0 Å². The molecule has 2 unspecified atom stereocenters. The first-order valence-corrected chi connectivity index (χ1v) is 21.4. The Morgan fingerprint density at radius 2 is 1.08 bits per heavy atom. The summed E-state index contributed by atoms with van der Waals surface area (Å²) < 4.78 is 5.91. The molecule has 0 aromatic rings. The summed E-state index contributed by atoms with van der Waals surface area (Å²) in [5, 5.41) is 22.5. The monoisotopic (exact) mass is 747 g/mol. The van der Waals surface area contributed by atoms with Crippen LogP contribution in [-0.2, 0) is 23.9 Å². The Hall–Kier alpha value is -2.94. The molecule has 0 radical (unpaired) electrons. The lowest BCUT2D eigenvalue weighted by Crippen LogP contribution is -2.47. The summed E-state index contributed by atoms with van der Waals surface area (Å²) in [6.07, 6.45) is 43.2.